The van der Waals surface area contributed by atoms with E-state index in [1.165, 1.54) is 18.0 Å². The van der Waals surface area contributed by atoms with Crippen LogP contribution < -0.4 is 5.56 Å². The minimum atomic E-state index is -0.724. The molecule has 0 radical (unpaired) electrons. The Balaban J connectivity index is 1.65. The minimum Gasteiger partial charge on any atom is -0.507 e. The summed E-state index contributed by atoms with van der Waals surface area (Å²) in [5, 5.41) is 14.1. The van der Waals surface area contributed by atoms with Gasteiger partial charge in [-0.25, -0.2) is 14.3 Å². The largest absolute Gasteiger partial charge is 0.507 e. The number of esters is 1. The van der Waals surface area contributed by atoms with Crippen LogP contribution in [0.1, 0.15) is 26.4 Å². The van der Waals surface area contributed by atoms with Gasteiger partial charge in [0.15, 0.2) is 5.65 Å². The summed E-state index contributed by atoms with van der Waals surface area (Å²) in [4.78, 5) is 43.0. The highest BCUT2D eigenvalue weighted by Crippen LogP contribution is 2.23. The van der Waals surface area contributed by atoms with Crippen LogP contribution in [-0.2, 0) is 17.7 Å². The van der Waals surface area contributed by atoms with Gasteiger partial charge in [0.25, 0.3) is 11.5 Å². The lowest BCUT2D eigenvalue weighted by Crippen LogP contribution is -2.34. The Hall–Kier alpha value is -3.69. The van der Waals surface area contributed by atoms with Crippen molar-refractivity contribution in [2.75, 3.05) is 20.2 Å². The van der Waals surface area contributed by atoms with Gasteiger partial charge in [0.05, 0.1) is 7.11 Å². The topological polar surface area (TPSA) is 119 Å². The molecule has 28 heavy (non-hydrogen) atoms. The third kappa shape index (κ3) is 2.88. The molecule has 0 fully saturated rings. The van der Waals surface area contributed by atoms with Gasteiger partial charge in [0.2, 0.25) is 0 Å². The second-order valence-corrected chi connectivity index (χ2v) is 6.35. The first-order valence-corrected chi connectivity index (χ1v) is 8.62. The van der Waals surface area contributed by atoms with Gasteiger partial charge in [-0.3, -0.25) is 9.59 Å². The first kappa shape index (κ1) is 17.7. The van der Waals surface area contributed by atoms with Crippen LogP contribution in [0.15, 0.2) is 35.5 Å². The molecule has 144 valence electrons. The van der Waals surface area contributed by atoms with Crippen molar-refractivity contribution in [3.05, 3.63) is 57.9 Å². The molecule has 0 atom stereocenters. The van der Waals surface area contributed by atoms with E-state index in [1.807, 2.05) is 0 Å². The number of carbonyl (C=O) groups is 2. The van der Waals surface area contributed by atoms with E-state index in [2.05, 4.69) is 10.1 Å². The Bertz CT molecular complexity index is 1150. The summed E-state index contributed by atoms with van der Waals surface area (Å²) in [6.45, 7) is 0.774. The first-order chi connectivity index (χ1) is 13.5. The standard InChI is InChI=1S/C18H17N5O5/c1-28-18(27)16-12-3-4-21(6-7-22(12)15(25)9-13(16)24)17(26)11-2-5-23-14(8-11)19-10-20-23/h2,5,8-10,24H,3-4,6-7H2,1H3. The van der Waals surface area contributed by atoms with E-state index in [9.17, 15) is 19.5 Å². The molecule has 3 aromatic heterocycles. The van der Waals surface area contributed by atoms with Crippen LogP contribution in [0.3, 0.4) is 0 Å². The SMILES string of the molecule is COC(=O)c1c(O)cc(=O)n2c1CCN(C(=O)c1ccn3ncnc3c1)CC2. The number of ether oxygens (including phenoxy) is 1. The Morgan fingerprint density at radius 1 is 1.21 bits per heavy atom. The maximum Gasteiger partial charge on any atom is 0.343 e. The lowest BCUT2D eigenvalue weighted by atomic mass is 10.1. The molecule has 1 aliphatic rings. The second-order valence-electron chi connectivity index (χ2n) is 6.35. The van der Waals surface area contributed by atoms with Crippen molar-refractivity contribution < 1.29 is 19.4 Å². The zero-order valence-electron chi connectivity index (χ0n) is 15.0. The van der Waals surface area contributed by atoms with E-state index >= 15 is 0 Å². The highest BCUT2D eigenvalue weighted by molar-refractivity contribution is 5.95. The summed E-state index contributed by atoms with van der Waals surface area (Å²) in [5.74, 6) is -1.35. The molecule has 4 heterocycles. The van der Waals surface area contributed by atoms with E-state index < -0.39 is 17.3 Å². The number of rotatable bonds is 2. The van der Waals surface area contributed by atoms with Crippen molar-refractivity contribution in [1.29, 1.82) is 0 Å². The van der Waals surface area contributed by atoms with Crippen molar-refractivity contribution >= 4 is 17.5 Å². The molecular formula is C18H17N5O5. The third-order valence-corrected chi connectivity index (χ3v) is 4.81. The number of aromatic hydroxyl groups is 1. The van der Waals surface area contributed by atoms with Crippen molar-refractivity contribution in [3.8, 4) is 5.75 Å². The molecule has 0 bridgehead atoms. The van der Waals surface area contributed by atoms with Crippen LogP contribution in [0.2, 0.25) is 0 Å². The lowest BCUT2D eigenvalue weighted by molar-refractivity contribution is 0.0594. The fourth-order valence-electron chi connectivity index (χ4n) is 3.42. The van der Waals surface area contributed by atoms with Crippen molar-refractivity contribution in [2.24, 2.45) is 0 Å². The average molecular weight is 383 g/mol. The van der Waals surface area contributed by atoms with Crippen LogP contribution >= 0.6 is 0 Å². The molecule has 10 heteroatoms. The van der Waals surface area contributed by atoms with Gasteiger partial charge in [-0.05, 0) is 12.1 Å². The predicted octanol–water partition coefficient (Wildman–Crippen LogP) is 0.0817. The number of carbonyl (C=O) groups excluding carboxylic acids is 2. The normalized spacial score (nSPS) is 13.8. The van der Waals surface area contributed by atoms with Gasteiger partial charge in [0.1, 0.15) is 17.6 Å². The predicted molar refractivity (Wildman–Crippen MR) is 96.3 cm³/mol. The number of amides is 1. The Labute approximate surface area is 158 Å². The van der Waals surface area contributed by atoms with E-state index in [0.717, 1.165) is 6.07 Å². The summed E-state index contributed by atoms with van der Waals surface area (Å²) in [6.07, 6.45) is 3.28. The number of hydrogen-bond donors (Lipinski definition) is 1. The summed E-state index contributed by atoms with van der Waals surface area (Å²) in [7, 11) is 1.21. The van der Waals surface area contributed by atoms with E-state index in [1.54, 1.807) is 27.7 Å². The fourth-order valence-corrected chi connectivity index (χ4v) is 3.42. The zero-order valence-corrected chi connectivity index (χ0v) is 15.0. The first-order valence-electron chi connectivity index (χ1n) is 8.62. The quantitative estimate of drug-likeness (QED) is 0.623. The molecule has 3 aromatic rings. The molecular weight excluding hydrogens is 366 g/mol. The molecule has 1 N–H and O–H groups in total. The van der Waals surface area contributed by atoms with Gasteiger partial charge >= 0.3 is 5.97 Å². The molecule has 0 aliphatic carbocycles. The molecule has 1 aliphatic heterocycles. The highest BCUT2D eigenvalue weighted by atomic mass is 16.5. The molecule has 0 aromatic carbocycles. The molecule has 1 amide bonds. The van der Waals surface area contributed by atoms with Gasteiger partial charge in [0, 0.05) is 49.6 Å². The smallest absolute Gasteiger partial charge is 0.343 e. The number of nitrogens with zero attached hydrogens (tertiary/aromatic N) is 5. The molecule has 0 spiro atoms. The van der Waals surface area contributed by atoms with Gasteiger partial charge < -0.3 is 19.3 Å². The van der Waals surface area contributed by atoms with Gasteiger partial charge in [-0.1, -0.05) is 0 Å². The maximum absolute atomic E-state index is 12.9. The summed E-state index contributed by atoms with van der Waals surface area (Å²) in [5.41, 5.74) is 0.897. The monoisotopic (exact) mass is 383 g/mol. The van der Waals surface area contributed by atoms with Crippen molar-refractivity contribution in [3.63, 3.8) is 0 Å². The fraction of sp³-hybridized carbons (Fsp3) is 0.278. The zero-order chi connectivity index (χ0) is 19.8. The summed E-state index contributed by atoms with van der Waals surface area (Å²) >= 11 is 0. The number of methoxy groups -OCH3 is 1. The van der Waals surface area contributed by atoms with Crippen LogP contribution in [-0.4, -0.2) is 61.2 Å². The summed E-state index contributed by atoms with van der Waals surface area (Å²) < 4.78 is 7.69. The molecule has 10 nitrogen and oxygen atoms in total. The molecule has 4 rings (SSSR count). The highest BCUT2D eigenvalue weighted by Gasteiger charge is 2.27. The Morgan fingerprint density at radius 3 is 2.82 bits per heavy atom. The second kappa shape index (κ2) is 6.80. The van der Waals surface area contributed by atoms with Gasteiger partial charge in [-0.2, -0.15) is 5.10 Å². The molecule has 0 unspecified atom stereocenters. The molecule has 0 saturated carbocycles. The Morgan fingerprint density at radius 2 is 2.04 bits per heavy atom. The summed E-state index contributed by atoms with van der Waals surface area (Å²) in [6, 6.07) is 4.29. The Kier molecular flexibility index (Phi) is 4.30. The van der Waals surface area contributed by atoms with Crippen LogP contribution in [0.25, 0.3) is 5.65 Å². The maximum atomic E-state index is 12.9. The van der Waals surface area contributed by atoms with Crippen LogP contribution in [0.4, 0.5) is 0 Å². The van der Waals surface area contributed by atoms with E-state index in [-0.39, 0.29) is 37.5 Å². The average Bonchev–Trinajstić information content (AvgIpc) is 3.05. The van der Waals surface area contributed by atoms with Crippen LogP contribution in [0.5, 0.6) is 5.75 Å². The van der Waals surface area contributed by atoms with Gasteiger partial charge in [-0.15, -0.1) is 0 Å². The van der Waals surface area contributed by atoms with E-state index in [0.29, 0.717) is 16.9 Å². The lowest BCUT2D eigenvalue weighted by Gasteiger charge is -2.20. The number of fused-ring (bicyclic) bond motifs is 2. The minimum absolute atomic E-state index is 0.0405. The number of aromatic nitrogens is 4. The third-order valence-electron chi connectivity index (χ3n) is 4.81. The number of pyridine rings is 2. The van der Waals surface area contributed by atoms with Crippen LogP contribution in [0, 0.1) is 0 Å². The molecule has 0 saturated heterocycles. The van der Waals surface area contributed by atoms with Crippen molar-refractivity contribution in [2.45, 2.75) is 13.0 Å². The number of hydrogen-bond acceptors (Lipinski definition) is 7. The van der Waals surface area contributed by atoms with E-state index in [4.69, 9.17) is 4.74 Å². The van der Waals surface area contributed by atoms with Crippen molar-refractivity contribution in [1.82, 2.24) is 24.1 Å².